The molecule has 0 N–H and O–H groups in total. The van der Waals surface area contributed by atoms with E-state index in [-0.39, 0.29) is 12.4 Å². The fourth-order valence-electron chi connectivity index (χ4n) is 3.42. The molecule has 8 nitrogen and oxygen atoms in total. The van der Waals surface area contributed by atoms with Crippen molar-refractivity contribution in [3.63, 3.8) is 0 Å². The molecule has 158 valence electrons. The van der Waals surface area contributed by atoms with Crippen LogP contribution in [0.25, 0.3) is 5.82 Å². The van der Waals surface area contributed by atoms with E-state index in [1.54, 1.807) is 4.31 Å². The highest BCUT2D eigenvalue weighted by atomic mass is 32.2. The number of aryl methyl sites for hydroxylation is 1. The number of anilines is 1. The normalized spacial score (nSPS) is 15.3. The van der Waals surface area contributed by atoms with E-state index in [4.69, 9.17) is 4.74 Å². The maximum atomic E-state index is 12.7. The van der Waals surface area contributed by atoms with Crippen molar-refractivity contribution in [1.29, 1.82) is 0 Å². The van der Waals surface area contributed by atoms with E-state index >= 15 is 0 Å². The van der Waals surface area contributed by atoms with Gasteiger partial charge < -0.3 is 14.2 Å². The van der Waals surface area contributed by atoms with Crippen LogP contribution in [0.5, 0.6) is 5.75 Å². The Morgan fingerprint density at radius 3 is 2.30 bits per heavy atom. The molecule has 0 bridgehead atoms. The van der Waals surface area contributed by atoms with Crippen molar-refractivity contribution in [2.24, 2.45) is 0 Å². The number of benzene rings is 1. The molecular formula is C21H25N5O3S. The summed E-state index contributed by atoms with van der Waals surface area (Å²) in [5, 5.41) is 0. The van der Waals surface area contributed by atoms with Crippen molar-refractivity contribution in [1.82, 2.24) is 18.8 Å². The van der Waals surface area contributed by atoms with Crippen LogP contribution in [0.4, 0.5) is 5.82 Å². The van der Waals surface area contributed by atoms with Gasteiger partial charge in [0.25, 0.3) is 0 Å². The molecule has 1 aromatic carbocycles. The molecule has 2 aromatic heterocycles. The smallest absolute Gasteiger partial charge is 0.217 e. The van der Waals surface area contributed by atoms with E-state index in [1.807, 2.05) is 72.4 Å². The molecule has 9 heteroatoms. The van der Waals surface area contributed by atoms with Crippen LogP contribution in [0, 0.1) is 6.92 Å². The van der Waals surface area contributed by atoms with Crippen molar-refractivity contribution >= 4 is 15.8 Å². The highest BCUT2D eigenvalue weighted by Gasteiger charge is 2.27. The minimum absolute atomic E-state index is 0.0354. The first-order valence-electron chi connectivity index (χ1n) is 9.91. The van der Waals surface area contributed by atoms with Crippen molar-refractivity contribution in [3.05, 3.63) is 66.7 Å². The topological polar surface area (TPSA) is 80.6 Å². The lowest BCUT2D eigenvalue weighted by atomic mass is 10.3. The maximum absolute atomic E-state index is 12.7. The van der Waals surface area contributed by atoms with E-state index in [9.17, 15) is 8.42 Å². The van der Waals surface area contributed by atoms with Gasteiger partial charge in [-0.25, -0.2) is 18.4 Å². The van der Waals surface area contributed by atoms with Gasteiger partial charge in [-0.1, -0.05) is 18.2 Å². The second-order valence-electron chi connectivity index (χ2n) is 7.09. The number of piperazine rings is 1. The Labute approximate surface area is 176 Å². The molecule has 0 amide bonds. The zero-order valence-corrected chi connectivity index (χ0v) is 17.7. The third kappa shape index (κ3) is 4.80. The predicted octanol–water partition coefficient (Wildman–Crippen LogP) is 2.11. The average molecular weight is 428 g/mol. The van der Waals surface area contributed by atoms with Gasteiger partial charge in [-0.05, 0) is 31.2 Å². The minimum atomic E-state index is -3.37. The Bertz CT molecular complexity index is 1060. The molecule has 0 saturated carbocycles. The van der Waals surface area contributed by atoms with E-state index in [0.717, 1.165) is 11.6 Å². The van der Waals surface area contributed by atoms with Gasteiger partial charge in [-0.2, -0.15) is 4.31 Å². The third-order valence-corrected chi connectivity index (χ3v) is 6.82. The SMILES string of the molecule is Cc1nc(N2CCN(S(=O)(=O)CCOc3ccccc3)CC2)cc(-n2cccc2)n1. The molecule has 30 heavy (non-hydrogen) atoms. The van der Waals surface area contributed by atoms with E-state index < -0.39 is 10.0 Å². The van der Waals surface area contributed by atoms with Crippen LogP contribution in [-0.2, 0) is 10.0 Å². The molecule has 3 aromatic rings. The quantitative estimate of drug-likeness (QED) is 0.575. The van der Waals surface area contributed by atoms with E-state index in [1.165, 1.54) is 0 Å². The van der Waals surface area contributed by atoms with Crippen LogP contribution in [0.3, 0.4) is 0 Å². The maximum Gasteiger partial charge on any atom is 0.217 e. The molecular weight excluding hydrogens is 402 g/mol. The van der Waals surface area contributed by atoms with E-state index in [2.05, 4.69) is 14.9 Å². The Balaban J connectivity index is 1.35. The van der Waals surface area contributed by atoms with Gasteiger partial charge in [0.15, 0.2) is 0 Å². The highest BCUT2D eigenvalue weighted by molar-refractivity contribution is 7.89. The second-order valence-corrected chi connectivity index (χ2v) is 9.17. The van der Waals surface area contributed by atoms with Crippen LogP contribution >= 0.6 is 0 Å². The molecule has 4 rings (SSSR count). The fraction of sp³-hybridized carbons (Fsp3) is 0.333. The average Bonchev–Trinajstić information content (AvgIpc) is 3.29. The lowest BCUT2D eigenvalue weighted by Crippen LogP contribution is -2.50. The monoisotopic (exact) mass is 427 g/mol. The molecule has 0 atom stereocenters. The lowest BCUT2D eigenvalue weighted by molar-refractivity contribution is 0.331. The highest BCUT2D eigenvalue weighted by Crippen LogP contribution is 2.19. The Morgan fingerprint density at radius 1 is 0.933 bits per heavy atom. The van der Waals surface area contributed by atoms with Crippen molar-refractivity contribution in [2.45, 2.75) is 6.92 Å². The van der Waals surface area contributed by atoms with Crippen LogP contribution in [0.15, 0.2) is 60.9 Å². The van der Waals surface area contributed by atoms with Gasteiger partial charge in [0, 0.05) is 44.6 Å². The summed E-state index contributed by atoms with van der Waals surface area (Å²) in [6.45, 7) is 4.02. The number of hydrogen-bond donors (Lipinski definition) is 0. The Kier molecular flexibility index (Phi) is 6.01. The summed E-state index contributed by atoms with van der Waals surface area (Å²) < 4.78 is 34.4. The van der Waals surface area contributed by atoms with E-state index in [0.29, 0.717) is 37.8 Å². The van der Waals surface area contributed by atoms with Crippen LogP contribution in [0.2, 0.25) is 0 Å². The molecule has 0 aliphatic carbocycles. The van der Waals surface area contributed by atoms with Gasteiger partial charge >= 0.3 is 0 Å². The van der Waals surface area contributed by atoms with Gasteiger partial charge in [-0.15, -0.1) is 0 Å². The second kappa shape index (κ2) is 8.85. The summed E-state index contributed by atoms with van der Waals surface area (Å²) in [6.07, 6.45) is 3.88. The number of ether oxygens (including phenoxy) is 1. The van der Waals surface area contributed by atoms with Gasteiger partial charge in [0.05, 0.1) is 5.75 Å². The number of nitrogens with zero attached hydrogens (tertiary/aromatic N) is 5. The molecule has 0 spiro atoms. The number of hydrogen-bond acceptors (Lipinski definition) is 6. The third-order valence-electron chi connectivity index (χ3n) is 4.99. The first kappa shape index (κ1) is 20.4. The fourth-order valence-corrected chi connectivity index (χ4v) is 4.70. The number of rotatable bonds is 7. The van der Waals surface area contributed by atoms with Crippen molar-refractivity contribution in [2.75, 3.05) is 43.4 Å². The minimum Gasteiger partial charge on any atom is -0.492 e. The molecule has 1 fully saturated rings. The van der Waals surface area contributed by atoms with Gasteiger partial charge in [0.1, 0.15) is 29.8 Å². The molecule has 0 radical (unpaired) electrons. The molecule has 1 saturated heterocycles. The standard InChI is InChI=1S/C21H25N5O3S/c1-18-22-20(24-9-5-6-10-24)17-21(23-18)25-11-13-26(14-12-25)30(27,28)16-15-29-19-7-3-2-4-8-19/h2-10,17H,11-16H2,1H3. The van der Waals surface area contributed by atoms with Crippen LogP contribution < -0.4 is 9.64 Å². The Morgan fingerprint density at radius 2 is 1.60 bits per heavy atom. The summed E-state index contributed by atoms with van der Waals surface area (Å²) in [7, 11) is -3.37. The largest absolute Gasteiger partial charge is 0.492 e. The predicted molar refractivity (Wildman–Crippen MR) is 116 cm³/mol. The summed E-state index contributed by atoms with van der Waals surface area (Å²) in [6, 6.07) is 15.1. The number of sulfonamides is 1. The van der Waals surface area contributed by atoms with Crippen LogP contribution in [0.1, 0.15) is 5.82 Å². The number of para-hydroxylation sites is 1. The summed E-state index contributed by atoms with van der Waals surface area (Å²) in [5.74, 6) is 2.94. The van der Waals surface area contributed by atoms with Gasteiger partial charge in [0.2, 0.25) is 10.0 Å². The van der Waals surface area contributed by atoms with Crippen molar-refractivity contribution < 1.29 is 13.2 Å². The lowest BCUT2D eigenvalue weighted by Gasteiger charge is -2.34. The first-order chi connectivity index (χ1) is 14.5. The summed E-state index contributed by atoms with van der Waals surface area (Å²) in [5.41, 5.74) is 0. The summed E-state index contributed by atoms with van der Waals surface area (Å²) in [4.78, 5) is 11.1. The molecule has 0 unspecified atom stereocenters. The Hall–Kier alpha value is -2.91. The zero-order chi connectivity index (χ0) is 21.0. The molecule has 1 aliphatic heterocycles. The van der Waals surface area contributed by atoms with Crippen molar-refractivity contribution in [3.8, 4) is 11.6 Å². The number of aromatic nitrogens is 3. The van der Waals surface area contributed by atoms with Crippen LogP contribution in [-0.4, -0.2) is 65.8 Å². The zero-order valence-electron chi connectivity index (χ0n) is 16.9. The molecule has 1 aliphatic rings. The first-order valence-corrected chi connectivity index (χ1v) is 11.5. The summed E-state index contributed by atoms with van der Waals surface area (Å²) >= 11 is 0. The van der Waals surface area contributed by atoms with Gasteiger partial charge in [-0.3, -0.25) is 0 Å². The molecule has 3 heterocycles.